The van der Waals surface area contributed by atoms with Crippen molar-refractivity contribution in [3.05, 3.63) is 0 Å². The maximum atomic E-state index is 11.7. The Kier molecular flexibility index (Phi) is 24.0. The van der Waals surface area contributed by atoms with Crippen LogP contribution < -0.4 is 0 Å². The van der Waals surface area contributed by atoms with E-state index in [1.165, 1.54) is 96.3 Å². The lowest BCUT2D eigenvalue weighted by Gasteiger charge is -2.05. The second-order valence-electron chi connectivity index (χ2n) is 8.41. The van der Waals surface area contributed by atoms with Gasteiger partial charge in [-0.15, -0.1) is 0 Å². The van der Waals surface area contributed by atoms with Crippen molar-refractivity contribution in [3.63, 3.8) is 0 Å². The smallest absolute Gasteiger partial charge is 0.305 e. The van der Waals surface area contributed by atoms with Gasteiger partial charge in [-0.3, -0.25) is 4.79 Å². The summed E-state index contributed by atoms with van der Waals surface area (Å²) in [6, 6.07) is 0. The van der Waals surface area contributed by atoms with Gasteiger partial charge in [-0.2, -0.15) is 0 Å². The van der Waals surface area contributed by atoms with Crippen molar-refractivity contribution in [2.45, 2.75) is 142 Å². The minimum atomic E-state index is -0.00363. The molecule has 0 saturated carbocycles. The molecule has 0 spiro atoms. The number of hydrogen-bond donors (Lipinski definition) is 1. The van der Waals surface area contributed by atoms with E-state index in [1.807, 2.05) is 0 Å². The van der Waals surface area contributed by atoms with Crippen LogP contribution in [0, 0.1) is 0 Å². The number of carbonyl (C=O) groups excluding carboxylic acids is 1. The summed E-state index contributed by atoms with van der Waals surface area (Å²) in [5.41, 5.74) is 0. The molecule has 0 radical (unpaired) electrons. The van der Waals surface area contributed by atoms with Crippen LogP contribution in [0.1, 0.15) is 142 Å². The van der Waals surface area contributed by atoms with Crippen molar-refractivity contribution >= 4 is 5.97 Å². The molecule has 0 unspecified atom stereocenters. The fourth-order valence-corrected chi connectivity index (χ4v) is 3.64. The molecule has 0 aromatic heterocycles. The maximum Gasteiger partial charge on any atom is 0.305 e. The zero-order valence-corrected chi connectivity index (χ0v) is 19.0. The Labute approximate surface area is 176 Å². The van der Waals surface area contributed by atoms with Crippen molar-refractivity contribution in [2.24, 2.45) is 0 Å². The molecule has 0 heterocycles. The molecule has 3 nitrogen and oxygen atoms in total. The average molecular weight is 399 g/mol. The topological polar surface area (TPSA) is 46.5 Å². The fourth-order valence-electron chi connectivity index (χ4n) is 3.64. The Morgan fingerprint density at radius 1 is 0.571 bits per heavy atom. The molecule has 3 heteroatoms. The van der Waals surface area contributed by atoms with Crippen LogP contribution in [0.4, 0.5) is 0 Å². The molecule has 0 bridgehead atoms. The second-order valence-corrected chi connectivity index (χ2v) is 8.41. The van der Waals surface area contributed by atoms with Crippen LogP contribution in [-0.2, 0) is 9.53 Å². The van der Waals surface area contributed by atoms with E-state index < -0.39 is 0 Å². The van der Waals surface area contributed by atoms with Gasteiger partial charge in [0, 0.05) is 13.0 Å². The Balaban J connectivity index is 3.13. The molecule has 1 N–H and O–H groups in total. The van der Waals surface area contributed by atoms with Crippen LogP contribution >= 0.6 is 0 Å². The first-order valence-electron chi connectivity index (χ1n) is 12.6. The number of carbonyl (C=O) groups is 1. The quantitative estimate of drug-likeness (QED) is 0.141. The summed E-state index contributed by atoms with van der Waals surface area (Å²) in [5, 5.41) is 8.72. The Morgan fingerprint density at radius 3 is 1.43 bits per heavy atom. The molecule has 0 saturated heterocycles. The van der Waals surface area contributed by atoms with Crippen molar-refractivity contribution in [1.29, 1.82) is 0 Å². The molecule has 0 aromatic rings. The highest BCUT2D eigenvalue weighted by Crippen LogP contribution is 2.13. The highest BCUT2D eigenvalue weighted by Gasteiger charge is 2.02. The van der Waals surface area contributed by atoms with E-state index in [1.54, 1.807) is 0 Å². The molecule has 0 aliphatic carbocycles. The van der Waals surface area contributed by atoms with E-state index in [-0.39, 0.29) is 5.97 Å². The van der Waals surface area contributed by atoms with Gasteiger partial charge >= 0.3 is 5.97 Å². The Morgan fingerprint density at radius 2 is 0.964 bits per heavy atom. The maximum absolute atomic E-state index is 11.7. The molecule has 0 aromatic carbocycles. The number of aliphatic hydroxyl groups is 1. The third kappa shape index (κ3) is 23.5. The normalized spacial score (nSPS) is 11.1. The predicted molar refractivity (Wildman–Crippen MR) is 121 cm³/mol. The van der Waals surface area contributed by atoms with Gasteiger partial charge in [0.25, 0.3) is 0 Å². The van der Waals surface area contributed by atoms with Crippen LogP contribution in [0.5, 0.6) is 0 Å². The number of ether oxygens (including phenoxy) is 1. The molecule has 168 valence electrons. The number of hydrogen-bond acceptors (Lipinski definition) is 3. The summed E-state index contributed by atoms with van der Waals surface area (Å²) in [5.74, 6) is -0.00363. The Bertz CT molecular complexity index is 304. The highest BCUT2D eigenvalue weighted by atomic mass is 16.5. The standard InChI is InChI=1S/C25H50O3/c1-2-3-4-5-6-7-8-9-10-13-16-19-22-25(27)28-24-21-18-15-12-11-14-17-20-23-26/h26H,2-24H2,1H3. The molecule has 28 heavy (non-hydrogen) atoms. The van der Waals surface area contributed by atoms with Gasteiger partial charge in [-0.1, -0.05) is 116 Å². The van der Waals surface area contributed by atoms with Crippen LogP contribution in [0.3, 0.4) is 0 Å². The summed E-state index contributed by atoms with van der Waals surface area (Å²) >= 11 is 0. The number of rotatable bonds is 23. The molecule has 0 rings (SSSR count). The lowest BCUT2D eigenvalue weighted by molar-refractivity contribution is -0.143. The van der Waals surface area contributed by atoms with E-state index in [4.69, 9.17) is 9.84 Å². The van der Waals surface area contributed by atoms with Crippen LogP contribution in [0.2, 0.25) is 0 Å². The van der Waals surface area contributed by atoms with Gasteiger partial charge in [-0.25, -0.2) is 0 Å². The lowest BCUT2D eigenvalue weighted by Crippen LogP contribution is -2.05. The molecular weight excluding hydrogens is 348 g/mol. The van der Waals surface area contributed by atoms with E-state index >= 15 is 0 Å². The summed E-state index contributed by atoms with van der Waals surface area (Å²) < 4.78 is 5.33. The number of aliphatic hydroxyl groups excluding tert-OH is 1. The van der Waals surface area contributed by atoms with Gasteiger partial charge in [0.2, 0.25) is 0 Å². The van der Waals surface area contributed by atoms with E-state index in [0.29, 0.717) is 19.6 Å². The van der Waals surface area contributed by atoms with Gasteiger partial charge in [0.1, 0.15) is 0 Å². The first-order chi connectivity index (χ1) is 13.8. The van der Waals surface area contributed by atoms with Crippen LogP contribution in [0.25, 0.3) is 0 Å². The van der Waals surface area contributed by atoms with Gasteiger partial charge < -0.3 is 9.84 Å². The van der Waals surface area contributed by atoms with E-state index in [0.717, 1.165) is 32.1 Å². The zero-order valence-electron chi connectivity index (χ0n) is 19.0. The largest absolute Gasteiger partial charge is 0.466 e. The molecular formula is C25H50O3. The molecule has 0 amide bonds. The molecule has 0 fully saturated rings. The predicted octanol–water partition coefficient (Wildman–Crippen LogP) is 7.73. The second kappa shape index (κ2) is 24.5. The highest BCUT2D eigenvalue weighted by molar-refractivity contribution is 5.69. The SMILES string of the molecule is CCCCCCCCCCCCCCC(=O)OCCCCCCCCCCO. The molecule has 0 aliphatic heterocycles. The van der Waals surface area contributed by atoms with Gasteiger partial charge in [0.15, 0.2) is 0 Å². The van der Waals surface area contributed by atoms with E-state index in [2.05, 4.69) is 6.92 Å². The molecule has 0 aliphatic rings. The Hall–Kier alpha value is -0.570. The van der Waals surface area contributed by atoms with Crippen LogP contribution in [-0.4, -0.2) is 24.3 Å². The zero-order chi connectivity index (χ0) is 20.5. The van der Waals surface area contributed by atoms with Crippen molar-refractivity contribution in [1.82, 2.24) is 0 Å². The third-order valence-corrected chi connectivity index (χ3v) is 5.55. The summed E-state index contributed by atoms with van der Waals surface area (Å²) in [6.07, 6.45) is 25.7. The fraction of sp³-hybridized carbons (Fsp3) is 0.960. The summed E-state index contributed by atoms with van der Waals surface area (Å²) in [6.45, 7) is 3.19. The first kappa shape index (κ1) is 27.4. The van der Waals surface area contributed by atoms with Crippen molar-refractivity contribution < 1.29 is 14.6 Å². The lowest BCUT2D eigenvalue weighted by atomic mass is 10.0. The monoisotopic (exact) mass is 398 g/mol. The molecule has 0 atom stereocenters. The minimum absolute atomic E-state index is 0.00363. The van der Waals surface area contributed by atoms with Crippen LogP contribution in [0.15, 0.2) is 0 Å². The summed E-state index contributed by atoms with van der Waals surface area (Å²) in [7, 11) is 0. The minimum Gasteiger partial charge on any atom is -0.466 e. The van der Waals surface area contributed by atoms with Gasteiger partial charge in [-0.05, 0) is 19.3 Å². The summed E-state index contributed by atoms with van der Waals surface area (Å²) in [4.78, 5) is 11.7. The van der Waals surface area contributed by atoms with Gasteiger partial charge in [0.05, 0.1) is 6.61 Å². The van der Waals surface area contributed by atoms with E-state index in [9.17, 15) is 4.79 Å². The average Bonchev–Trinajstić information content (AvgIpc) is 2.70. The number of unbranched alkanes of at least 4 members (excludes halogenated alkanes) is 18. The van der Waals surface area contributed by atoms with Crippen molar-refractivity contribution in [3.8, 4) is 0 Å². The third-order valence-electron chi connectivity index (χ3n) is 5.55. The first-order valence-corrected chi connectivity index (χ1v) is 12.6. The van der Waals surface area contributed by atoms with Crippen molar-refractivity contribution in [2.75, 3.05) is 13.2 Å². The number of esters is 1.